The number of hydrogen-bond acceptors (Lipinski definition) is 2. The molecule has 1 unspecified atom stereocenters. The molecule has 106 valence electrons. The number of carbonyl (C=O) groups excluding carboxylic acids is 1. The van der Waals surface area contributed by atoms with Crippen LogP contribution in [0.2, 0.25) is 0 Å². The lowest BCUT2D eigenvalue weighted by atomic mass is 10.1. The van der Waals surface area contributed by atoms with Gasteiger partial charge in [0.05, 0.1) is 12.2 Å². The van der Waals surface area contributed by atoms with E-state index in [1.165, 1.54) is 12.1 Å². The molecular formula is C16H18FNO2. The molecule has 2 N–H and O–H groups in total. The minimum Gasteiger partial charge on any atom is -0.395 e. The third-order valence-corrected chi connectivity index (χ3v) is 3.51. The van der Waals surface area contributed by atoms with E-state index in [4.69, 9.17) is 5.11 Å². The van der Waals surface area contributed by atoms with Crippen molar-refractivity contribution < 1.29 is 14.3 Å². The SMILES string of the molecule is CC1(C)CC1NC(=O)c1ccc(C#CCCO)c(F)c1. The number of nitrogens with one attached hydrogen (secondary N) is 1. The van der Waals surface area contributed by atoms with Gasteiger partial charge in [-0.25, -0.2) is 4.39 Å². The zero-order valence-corrected chi connectivity index (χ0v) is 11.7. The Kier molecular flexibility index (Phi) is 4.10. The molecule has 4 heteroatoms. The normalized spacial score (nSPS) is 18.9. The molecule has 1 aromatic rings. The van der Waals surface area contributed by atoms with E-state index in [2.05, 4.69) is 31.0 Å². The van der Waals surface area contributed by atoms with Crippen LogP contribution in [-0.2, 0) is 0 Å². The molecule has 0 spiro atoms. The molecule has 0 saturated heterocycles. The Morgan fingerprint density at radius 2 is 2.25 bits per heavy atom. The summed E-state index contributed by atoms with van der Waals surface area (Å²) >= 11 is 0. The molecule has 0 radical (unpaired) electrons. The van der Waals surface area contributed by atoms with Gasteiger partial charge < -0.3 is 10.4 Å². The fourth-order valence-corrected chi connectivity index (χ4v) is 1.93. The van der Waals surface area contributed by atoms with Crippen molar-refractivity contribution in [1.82, 2.24) is 5.32 Å². The van der Waals surface area contributed by atoms with Gasteiger partial charge in [-0.3, -0.25) is 4.79 Å². The van der Waals surface area contributed by atoms with Crippen LogP contribution in [0.3, 0.4) is 0 Å². The molecule has 1 fully saturated rings. The summed E-state index contributed by atoms with van der Waals surface area (Å²) in [7, 11) is 0. The van der Waals surface area contributed by atoms with E-state index in [9.17, 15) is 9.18 Å². The van der Waals surface area contributed by atoms with E-state index in [-0.39, 0.29) is 29.5 Å². The molecule has 2 rings (SSSR count). The van der Waals surface area contributed by atoms with E-state index >= 15 is 0 Å². The van der Waals surface area contributed by atoms with Crippen molar-refractivity contribution in [3.63, 3.8) is 0 Å². The van der Waals surface area contributed by atoms with Gasteiger partial charge in [0.15, 0.2) is 0 Å². The van der Waals surface area contributed by atoms with Crippen molar-refractivity contribution in [1.29, 1.82) is 0 Å². The molecule has 1 aromatic carbocycles. The number of carbonyl (C=O) groups is 1. The highest BCUT2D eigenvalue weighted by Crippen LogP contribution is 2.44. The first-order valence-corrected chi connectivity index (χ1v) is 6.64. The van der Waals surface area contributed by atoms with Gasteiger partial charge in [-0.1, -0.05) is 25.7 Å². The van der Waals surface area contributed by atoms with Crippen molar-refractivity contribution in [2.45, 2.75) is 32.7 Å². The van der Waals surface area contributed by atoms with Gasteiger partial charge >= 0.3 is 0 Å². The number of amides is 1. The summed E-state index contributed by atoms with van der Waals surface area (Å²) in [6, 6.07) is 4.43. The van der Waals surface area contributed by atoms with E-state index in [0.717, 1.165) is 6.42 Å². The van der Waals surface area contributed by atoms with Gasteiger partial charge in [0.2, 0.25) is 0 Å². The topological polar surface area (TPSA) is 49.3 Å². The minimum absolute atomic E-state index is 0.0493. The summed E-state index contributed by atoms with van der Waals surface area (Å²) in [6.45, 7) is 4.11. The molecular weight excluding hydrogens is 257 g/mol. The van der Waals surface area contributed by atoms with E-state index < -0.39 is 5.82 Å². The highest BCUT2D eigenvalue weighted by molar-refractivity contribution is 5.94. The van der Waals surface area contributed by atoms with Crippen LogP contribution in [0.25, 0.3) is 0 Å². The summed E-state index contributed by atoms with van der Waals surface area (Å²) in [6.07, 6.45) is 1.25. The number of aliphatic hydroxyl groups is 1. The van der Waals surface area contributed by atoms with Crippen molar-refractivity contribution in [2.75, 3.05) is 6.61 Å². The summed E-state index contributed by atoms with van der Waals surface area (Å²) < 4.78 is 13.8. The monoisotopic (exact) mass is 275 g/mol. The number of benzene rings is 1. The molecule has 3 nitrogen and oxygen atoms in total. The van der Waals surface area contributed by atoms with Crippen LogP contribution < -0.4 is 5.32 Å². The average molecular weight is 275 g/mol. The first kappa shape index (κ1) is 14.5. The number of halogens is 1. The second kappa shape index (κ2) is 5.64. The van der Waals surface area contributed by atoms with Crippen LogP contribution in [0.4, 0.5) is 4.39 Å². The van der Waals surface area contributed by atoms with Gasteiger partial charge in [0.25, 0.3) is 5.91 Å². The Morgan fingerprint density at radius 1 is 1.55 bits per heavy atom. The smallest absolute Gasteiger partial charge is 0.251 e. The number of aliphatic hydroxyl groups excluding tert-OH is 1. The van der Waals surface area contributed by atoms with Crippen molar-refractivity contribution >= 4 is 5.91 Å². The maximum Gasteiger partial charge on any atom is 0.251 e. The molecule has 1 amide bonds. The number of hydrogen-bond donors (Lipinski definition) is 2. The van der Waals surface area contributed by atoms with Crippen LogP contribution in [0.15, 0.2) is 18.2 Å². The van der Waals surface area contributed by atoms with Gasteiger partial charge in [0, 0.05) is 18.0 Å². The summed E-state index contributed by atoms with van der Waals surface area (Å²) in [5.74, 6) is 4.51. The zero-order valence-electron chi connectivity index (χ0n) is 11.7. The fraction of sp³-hybridized carbons (Fsp3) is 0.438. The number of rotatable bonds is 3. The molecule has 0 aromatic heterocycles. The highest BCUT2D eigenvalue weighted by Gasteiger charge is 2.46. The Hall–Kier alpha value is -1.86. The standard InChI is InChI=1S/C16H18FNO2/c1-16(2)10-14(16)18-15(20)12-7-6-11(13(17)9-12)5-3-4-8-19/h6-7,9,14,19H,4,8,10H2,1-2H3,(H,18,20). The van der Waals surface area contributed by atoms with Crippen molar-refractivity contribution in [2.24, 2.45) is 5.41 Å². The highest BCUT2D eigenvalue weighted by atomic mass is 19.1. The molecule has 0 bridgehead atoms. The van der Waals surface area contributed by atoms with E-state index in [0.29, 0.717) is 12.0 Å². The van der Waals surface area contributed by atoms with Crippen LogP contribution in [-0.4, -0.2) is 23.7 Å². The quantitative estimate of drug-likeness (QED) is 0.830. The maximum absolute atomic E-state index is 13.8. The summed E-state index contributed by atoms with van der Waals surface area (Å²) in [4.78, 5) is 12.0. The lowest BCUT2D eigenvalue weighted by Crippen LogP contribution is -2.28. The van der Waals surface area contributed by atoms with E-state index in [1.807, 2.05) is 0 Å². The third-order valence-electron chi connectivity index (χ3n) is 3.51. The first-order chi connectivity index (χ1) is 9.44. The van der Waals surface area contributed by atoms with Crippen LogP contribution >= 0.6 is 0 Å². The molecule has 0 aliphatic heterocycles. The summed E-state index contributed by atoms with van der Waals surface area (Å²) in [5.41, 5.74) is 0.684. The van der Waals surface area contributed by atoms with E-state index in [1.54, 1.807) is 6.07 Å². The largest absolute Gasteiger partial charge is 0.395 e. The van der Waals surface area contributed by atoms with Crippen LogP contribution in [0.1, 0.15) is 42.6 Å². The van der Waals surface area contributed by atoms with Crippen LogP contribution in [0.5, 0.6) is 0 Å². The van der Waals surface area contributed by atoms with Crippen LogP contribution in [0, 0.1) is 23.1 Å². The fourth-order valence-electron chi connectivity index (χ4n) is 1.93. The Balaban J connectivity index is 2.05. The minimum atomic E-state index is -0.516. The molecule has 1 aliphatic carbocycles. The average Bonchev–Trinajstić information content (AvgIpc) is 2.98. The predicted octanol–water partition coefficient (Wildman–Crippen LogP) is 2.09. The molecule has 1 aliphatic rings. The van der Waals surface area contributed by atoms with Gasteiger partial charge in [-0.2, -0.15) is 0 Å². The third kappa shape index (κ3) is 3.37. The Morgan fingerprint density at radius 3 is 2.80 bits per heavy atom. The Bertz CT molecular complexity index is 584. The second-order valence-corrected chi connectivity index (χ2v) is 5.69. The maximum atomic E-state index is 13.8. The van der Waals surface area contributed by atoms with Gasteiger partial charge in [0.1, 0.15) is 5.82 Å². The molecule has 0 heterocycles. The first-order valence-electron chi connectivity index (χ1n) is 6.64. The Labute approximate surface area is 118 Å². The van der Waals surface area contributed by atoms with Gasteiger partial charge in [-0.05, 0) is 30.0 Å². The second-order valence-electron chi connectivity index (χ2n) is 5.69. The summed E-state index contributed by atoms with van der Waals surface area (Å²) in [5, 5.41) is 11.5. The zero-order chi connectivity index (χ0) is 14.8. The lowest BCUT2D eigenvalue weighted by Gasteiger charge is -2.07. The molecule has 1 atom stereocenters. The predicted molar refractivity (Wildman–Crippen MR) is 74.6 cm³/mol. The van der Waals surface area contributed by atoms with Crippen molar-refractivity contribution in [3.05, 3.63) is 35.1 Å². The van der Waals surface area contributed by atoms with Gasteiger partial charge in [-0.15, -0.1) is 0 Å². The molecule has 1 saturated carbocycles. The molecule has 20 heavy (non-hydrogen) atoms. The van der Waals surface area contributed by atoms with Crippen molar-refractivity contribution in [3.8, 4) is 11.8 Å². The lowest BCUT2D eigenvalue weighted by molar-refractivity contribution is 0.0946.